The molecule has 1 atom stereocenters. The second-order valence-electron chi connectivity index (χ2n) is 7.30. The van der Waals surface area contributed by atoms with Crippen molar-refractivity contribution in [1.82, 2.24) is 19.9 Å². The number of hydrogen-bond donors (Lipinski definition) is 2. The predicted octanol–water partition coefficient (Wildman–Crippen LogP) is 3.50. The molecule has 1 fully saturated rings. The summed E-state index contributed by atoms with van der Waals surface area (Å²) in [6.07, 6.45) is 4.84. The van der Waals surface area contributed by atoms with E-state index in [-0.39, 0.29) is 5.56 Å². The van der Waals surface area contributed by atoms with Gasteiger partial charge in [-0.1, -0.05) is 43.7 Å². The Kier molecular flexibility index (Phi) is 5.73. The molecule has 2 aromatic heterocycles. The first kappa shape index (κ1) is 19.1. The average Bonchev–Trinajstić information content (AvgIpc) is 3.37. The van der Waals surface area contributed by atoms with Crippen LogP contribution in [0.2, 0.25) is 0 Å². The number of unbranched alkanes of at least 4 members (excludes halogenated alkanes) is 1. The number of aromatic nitrogens is 3. The van der Waals surface area contributed by atoms with Crippen LogP contribution in [0.1, 0.15) is 43.8 Å². The molecule has 1 aromatic carbocycles. The minimum Gasteiger partial charge on any atom is -0.381 e. The van der Waals surface area contributed by atoms with E-state index in [1.807, 2.05) is 19.1 Å². The van der Waals surface area contributed by atoms with Crippen molar-refractivity contribution in [1.29, 1.82) is 0 Å². The Labute approximate surface area is 169 Å². The second kappa shape index (κ2) is 8.41. The van der Waals surface area contributed by atoms with E-state index in [1.165, 1.54) is 15.9 Å². The molecule has 148 valence electrons. The number of fused-ring (bicyclic) bond motifs is 1. The van der Waals surface area contributed by atoms with E-state index >= 15 is 0 Å². The summed E-state index contributed by atoms with van der Waals surface area (Å²) >= 11 is 1.51. The molecule has 0 bridgehead atoms. The highest BCUT2D eigenvalue weighted by molar-refractivity contribution is 7.16. The molecule has 4 rings (SSSR count). The molecular formula is C21H27N5OS. The lowest BCUT2D eigenvalue weighted by Gasteiger charge is -2.14. The predicted molar refractivity (Wildman–Crippen MR) is 115 cm³/mol. The molecule has 0 amide bonds. The Balaban J connectivity index is 1.72. The number of nitrogens with zero attached hydrogens (tertiary/aromatic N) is 3. The highest BCUT2D eigenvalue weighted by Gasteiger charge is 2.18. The smallest absolute Gasteiger partial charge is 0.283 e. The molecule has 6 nitrogen and oxygen atoms in total. The van der Waals surface area contributed by atoms with Crippen molar-refractivity contribution in [2.75, 3.05) is 18.4 Å². The van der Waals surface area contributed by atoms with E-state index in [9.17, 15) is 4.79 Å². The molecule has 0 spiro atoms. The van der Waals surface area contributed by atoms with Crippen molar-refractivity contribution in [3.63, 3.8) is 0 Å². The van der Waals surface area contributed by atoms with E-state index in [4.69, 9.17) is 4.98 Å². The van der Waals surface area contributed by atoms with Crippen molar-refractivity contribution in [3.8, 4) is 11.1 Å². The molecule has 3 heterocycles. The number of hydrogen-bond acceptors (Lipinski definition) is 6. The maximum Gasteiger partial charge on any atom is 0.283 e. The first-order valence-electron chi connectivity index (χ1n) is 10.2. The Bertz CT molecular complexity index is 1000. The number of rotatable bonds is 7. The van der Waals surface area contributed by atoms with Crippen LogP contribution in [0.15, 0.2) is 29.1 Å². The molecule has 0 unspecified atom stereocenters. The molecule has 0 radical (unpaired) electrons. The minimum absolute atomic E-state index is 0.0623. The maximum atomic E-state index is 13.2. The van der Waals surface area contributed by atoms with Gasteiger partial charge in [-0.25, -0.2) is 4.98 Å². The van der Waals surface area contributed by atoms with Gasteiger partial charge in [0.25, 0.3) is 5.56 Å². The fraction of sp³-hybridized carbons (Fsp3) is 0.476. The normalized spacial score (nSPS) is 16.7. The molecule has 2 N–H and O–H groups in total. The van der Waals surface area contributed by atoms with Gasteiger partial charge < -0.3 is 10.6 Å². The van der Waals surface area contributed by atoms with E-state index < -0.39 is 0 Å². The van der Waals surface area contributed by atoms with Gasteiger partial charge in [-0.3, -0.25) is 4.79 Å². The minimum atomic E-state index is -0.0623. The third-order valence-electron chi connectivity index (χ3n) is 5.20. The summed E-state index contributed by atoms with van der Waals surface area (Å²) in [5, 5.41) is 12.3. The molecule has 0 saturated carbocycles. The van der Waals surface area contributed by atoms with Crippen molar-refractivity contribution >= 4 is 22.0 Å². The lowest BCUT2D eigenvalue weighted by atomic mass is 10.0. The summed E-state index contributed by atoms with van der Waals surface area (Å²) in [5.41, 5.74) is 3.52. The summed E-state index contributed by atoms with van der Waals surface area (Å²) in [5.74, 6) is 0. The topological polar surface area (TPSA) is 71.3 Å². The first-order valence-corrected chi connectivity index (χ1v) is 11.0. The fourth-order valence-corrected chi connectivity index (χ4v) is 4.47. The Hall–Kier alpha value is -2.25. The summed E-state index contributed by atoms with van der Waals surface area (Å²) in [7, 11) is 0. The van der Waals surface area contributed by atoms with Gasteiger partial charge in [0.2, 0.25) is 4.96 Å². The molecule has 3 aromatic rings. The Morgan fingerprint density at radius 3 is 2.79 bits per heavy atom. The summed E-state index contributed by atoms with van der Waals surface area (Å²) in [6, 6.07) is 8.64. The number of nitrogens with one attached hydrogen (secondary N) is 2. The fourth-order valence-electron chi connectivity index (χ4n) is 3.63. The van der Waals surface area contributed by atoms with E-state index in [0.29, 0.717) is 16.6 Å². The standard InChI is InChI=1S/C21H27N5OS/c1-3-5-6-17-19(20(27)26-21(24-17)28-18(4-2)25-26)14-7-9-15(10-8-14)23-16-11-12-22-13-16/h7-10,16,22-23H,3-6,11-13H2,1-2H3/t16-/m1/s1. The monoisotopic (exact) mass is 397 g/mol. The maximum absolute atomic E-state index is 13.2. The van der Waals surface area contributed by atoms with Gasteiger partial charge in [0.05, 0.1) is 11.3 Å². The van der Waals surface area contributed by atoms with Gasteiger partial charge in [0.1, 0.15) is 5.01 Å². The van der Waals surface area contributed by atoms with Crippen LogP contribution in [0.3, 0.4) is 0 Å². The quantitative estimate of drug-likeness (QED) is 0.638. The number of anilines is 1. The van der Waals surface area contributed by atoms with Gasteiger partial charge in [0.15, 0.2) is 0 Å². The van der Waals surface area contributed by atoms with Crippen molar-refractivity contribution in [2.24, 2.45) is 0 Å². The highest BCUT2D eigenvalue weighted by Crippen LogP contribution is 2.25. The lowest BCUT2D eigenvalue weighted by Crippen LogP contribution is -2.22. The van der Waals surface area contributed by atoms with Gasteiger partial charge in [-0.05, 0) is 49.9 Å². The van der Waals surface area contributed by atoms with E-state index in [0.717, 1.165) is 67.1 Å². The van der Waals surface area contributed by atoms with Crippen molar-refractivity contribution in [2.45, 2.75) is 52.0 Å². The van der Waals surface area contributed by atoms with Crippen LogP contribution in [0, 0.1) is 0 Å². The van der Waals surface area contributed by atoms with Crippen LogP contribution >= 0.6 is 11.3 Å². The molecule has 7 heteroatoms. The van der Waals surface area contributed by atoms with Crippen LogP contribution in [-0.2, 0) is 12.8 Å². The average molecular weight is 398 g/mol. The second-order valence-corrected chi connectivity index (χ2v) is 8.34. The van der Waals surface area contributed by atoms with E-state index in [1.54, 1.807) is 0 Å². The Morgan fingerprint density at radius 2 is 2.11 bits per heavy atom. The number of benzene rings is 1. The largest absolute Gasteiger partial charge is 0.381 e. The van der Waals surface area contributed by atoms with Crippen molar-refractivity contribution < 1.29 is 0 Å². The number of aryl methyl sites for hydroxylation is 2. The molecule has 1 aliphatic heterocycles. The third-order valence-corrected chi connectivity index (χ3v) is 6.25. The molecule has 1 aliphatic rings. The van der Waals surface area contributed by atoms with Gasteiger partial charge in [0, 0.05) is 18.3 Å². The summed E-state index contributed by atoms with van der Waals surface area (Å²) in [6.45, 7) is 6.26. The molecule has 0 aliphatic carbocycles. The van der Waals surface area contributed by atoms with Crippen LogP contribution < -0.4 is 16.2 Å². The van der Waals surface area contributed by atoms with Crippen LogP contribution in [-0.4, -0.2) is 33.7 Å². The molecule has 28 heavy (non-hydrogen) atoms. The van der Waals surface area contributed by atoms with E-state index in [2.05, 4.69) is 34.8 Å². The third kappa shape index (κ3) is 3.82. The van der Waals surface area contributed by atoms with Gasteiger partial charge >= 0.3 is 0 Å². The van der Waals surface area contributed by atoms with Gasteiger partial charge in [-0.2, -0.15) is 9.61 Å². The summed E-state index contributed by atoms with van der Waals surface area (Å²) in [4.78, 5) is 18.8. The van der Waals surface area contributed by atoms with Crippen molar-refractivity contribution in [3.05, 3.63) is 45.3 Å². The molecule has 1 saturated heterocycles. The Morgan fingerprint density at radius 1 is 1.29 bits per heavy atom. The van der Waals surface area contributed by atoms with Crippen LogP contribution in [0.4, 0.5) is 5.69 Å². The summed E-state index contributed by atoms with van der Waals surface area (Å²) < 4.78 is 1.48. The zero-order chi connectivity index (χ0) is 19.5. The zero-order valence-corrected chi connectivity index (χ0v) is 17.3. The van der Waals surface area contributed by atoms with Crippen LogP contribution in [0.5, 0.6) is 0 Å². The zero-order valence-electron chi connectivity index (χ0n) is 16.5. The first-order chi connectivity index (χ1) is 13.7. The van der Waals surface area contributed by atoms with Crippen LogP contribution in [0.25, 0.3) is 16.1 Å². The highest BCUT2D eigenvalue weighted by atomic mass is 32.1. The SMILES string of the molecule is CCCCc1nc2sc(CC)nn2c(=O)c1-c1ccc(N[C@@H]2CCNC2)cc1. The van der Waals surface area contributed by atoms with Gasteiger partial charge in [-0.15, -0.1) is 0 Å². The molecular weight excluding hydrogens is 370 g/mol. The lowest BCUT2D eigenvalue weighted by molar-refractivity contribution is 0.768.